The van der Waals surface area contributed by atoms with Crippen LogP contribution in [0.1, 0.15) is 23.6 Å². The number of para-hydroxylation sites is 1. The largest absolute Gasteiger partial charge is 0.347 e. The molecule has 2 aromatic carbocycles. The van der Waals surface area contributed by atoms with Gasteiger partial charge in [-0.2, -0.15) is 0 Å². The van der Waals surface area contributed by atoms with E-state index in [1.165, 1.54) is 0 Å². The predicted octanol–water partition coefficient (Wildman–Crippen LogP) is 3.02. The second-order valence-electron chi connectivity index (χ2n) is 6.67. The molecule has 2 heterocycles. The lowest BCUT2D eigenvalue weighted by molar-refractivity contribution is -0.116. The Bertz CT molecular complexity index is 1130. The summed E-state index contributed by atoms with van der Waals surface area (Å²) in [6.45, 7) is 0. The molecule has 1 aliphatic heterocycles. The van der Waals surface area contributed by atoms with Crippen LogP contribution in [0.2, 0.25) is 0 Å². The van der Waals surface area contributed by atoms with E-state index in [0.29, 0.717) is 17.8 Å². The third-order valence-electron chi connectivity index (χ3n) is 4.74. The molecule has 0 fully saturated rings. The molecule has 7 heteroatoms. The molecule has 0 aliphatic carbocycles. The fourth-order valence-electron chi connectivity index (χ4n) is 3.65. The van der Waals surface area contributed by atoms with Crippen molar-refractivity contribution in [3.05, 3.63) is 59.8 Å². The SMILES string of the molecule is Cn1c([C@@H]2CC(=O)Nc3cc(NS(C)(=O)=O)ccc32)cc2ccccc21. The Labute approximate surface area is 151 Å². The van der Waals surface area contributed by atoms with Gasteiger partial charge in [-0.1, -0.05) is 24.3 Å². The molecule has 1 amide bonds. The Kier molecular flexibility index (Phi) is 3.77. The quantitative estimate of drug-likeness (QED) is 0.745. The Morgan fingerprint density at radius 2 is 1.92 bits per heavy atom. The van der Waals surface area contributed by atoms with Crippen LogP contribution in [0.15, 0.2) is 48.5 Å². The summed E-state index contributed by atoms with van der Waals surface area (Å²) in [5, 5.41) is 3.99. The highest BCUT2D eigenvalue weighted by atomic mass is 32.2. The zero-order chi connectivity index (χ0) is 18.5. The molecule has 6 nitrogen and oxygen atoms in total. The van der Waals surface area contributed by atoms with Crippen molar-refractivity contribution in [3.63, 3.8) is 0 Å². The van der Waals surface area contributed by atoms with Gasteiger partial charge in [0.05, 0.1) is 11.9 Å². The fraction of sp³-hybridized carbons (Fsp3) is 0.211. The maximum Gasteiger partial charge on any atom is 0.229 e. The number of carbonyl (C=O) groups excluding carboxylic acids is 1. The van der Waals surface area contributed by atoms with Gasteiger partial charge in [0.15, 0.2) is 0 Å². The van der Waals surface area contributed by atoms with Gasteiger partial charge in [-0.3, -0.25) is 9.52 Å². The zero-order valence-corrected chi connectivity index (χ0v) is 15.3. The summed E-state index contributed by atoms with van der Waals surface area (Å²) in [6, 6.07) is 15.5. The van der Waals surface area contributed by atoms with Crippen molar-refractivity contribution in [1.82, 2.24) is 4.57 Å². The first kappa shape index (κ1) is 16.7. The van der Waals surface area contributed by atoms with Crippen molar-refractivity contribution >= 4 is 38.2 Å². The molecule has 1 aromatic heterocycles. The summed E-state index contributed by atoms with van der Waals surface area (Å²) >= 11 is 0. The number of carbonyl (C=O) groups is 1. The molecule has 0 unspecified atom stereocenters. The van der Waals surface area contributed by atoms with Gasteiger partial charge >= 0.3 is 0 Å². The van der Waals surface area contributed by atoms with Crippen molar-refractivity contribution in [2.24, 2.45) is 7.05 Å². The van der Waals surface area contributed by atoms with E-state index in [4.69, 9.17) is 0 Å². The molecule has 3 aromatic rings. The minimum Gasteiger partial charge on any atom is -0.347 e. The first-order valence-electron chi connectivity index (χ1n) is 8.28. The second-order valence-corrected chi connectivity index (χ2v) is 8.42. The van der Waals surface area contributed by atoms with Crippen LogP contribution >= 0.6 is 0 Å². The third-order valence-corrected chi connectivity index (χ3v) is 5.35. The van der Waals surface area contributed by atoms with Crippen LogP contribution < -0.4 is 10.0 Å². The molecule has 26 heavy (non-hydrogen) atoms. The van der Waals surface area contributed by atoms with Gasteiger partial charge in [0, 0.05) is 36.3 Å². The number of rotatable bonds is 3. The summed E-state index contributed by atoms with van der Waals surface area (Å²) in [7, 11) is -1.37. The highest BCUT2D eigenvalue weighted by Crippen LogP contribution is 2.40. The molecule has 134 valence electrons. The number of anilines is 2. The molecule has 0 bridgehead atoms. The van der Waals surface area contributed by atoms with Crippen molar-refractivity contribution in [2.45, 2.75) is 12.3 Å². The summed E-state index contributed by atoms with van der Waals surface area (Å²) in [6.07, 6.45) is 1.46. The van der Waals surface area contributed by atoms with E-state index in [2.05, 4.69) is 32.8 Å². The number of amides is 1. The maximum absolute atomic E-state index is 12.3. The van der Waals surface area contributed by atoms with Crippen LogP contribution in [0.3, 0.4) is 0 Å². The highest BCUT2D eigenvalue weighted by Gasteiger charge is 2.29. The van der Waals surface area contributed by atoms with E-state index in [1.54, 1.807) is 12.1 Å². The number of nitrogens with zero attached hydrogens (tertiary/aromatic N) is 1. The van der Waals surface area contributed by atoms with Crippen LogP contribution in [0.4, 0.5) is 11.4 Å². The van der Waals surface area contributed by atoms with E-state index in [-0.39, 0.29) is 11.8 Å². The van der Waals surface area contributed by atoms with Crippen LogP contribution in [-0.2, 0) is 21.9 Å². The fourth-order valence-corrected chi connectivity index (χ4v) is 4.21. The van der Waals surface area contributed by atoms with Crippen molar-refractivity contribution in [3.8, 4) is 0 Å². The van der Waals surface area contributed by atoms with E-state index in [9.17, 15) is 13.2 Å². The molecule has 1 aliphatic rings. The minimum atomic E-state index is -3.37. The number of fused-ring (bicyclic) bond motifs is 2. The predicted molar refractivity (Wildman–Crippen MR) is 103 cm³/mol. The zero-order valence-electron chi connectivity index (χ0n) is 14.5. The van der Waals surface area contributed by atoms with Gasteiger partial charge in [-0.25, -0.2) is 8.42 Å². The number of benzene rings is 2. The molecule has 0 radical (unpaired) electrons. The summed E-state index contributed by atoms with van der Waals surface area (Å²) < 4.78 is 27.5. The Hall–Kier alpha value is -2.80. The minimum absolute atomic E-state index is 0.0794. The van der Waals surface area contributed by atoms with Crippen molar-refractivity contribution in [2.75, 3.05) is 16.3 Å². The lowest BCUT2D eigenvalue weighted by Gasteiger charge is -2.27. The van der Waals surface area contributed by atoms with Crippen LogP contribution in [0, 0.1) is 0 Å². The molecular weight excluding hydrogens is 350 g/mol. The van der Waals surface area contributed by atoms with Gasteiger partial charge < -0.3 is 9.88 Å². The third kappa shape index (κ3) is 2.94. The van der Waals surface area contributed by atoms with Crippen LogP contribution in [0.25, 0.3) is 10.9 Å². The topological polar surface area (TPSA) is 80.2 Å². The van der Waals surface area contributed by atoms with E-state index in [0.717, 1.165) is 28.4 Å². The Balaban J connectivity index is 1.82. The number of nitrogens with one attached hydrogen (secondary N) is 2. The highest BCUT2D eigenvalue weighted by molar-refractivity contribution is 7.92. The van der Waals surface area contributed by atoms with Gasteiger partial charge in [-0.05, 0) is 35.2 Å². The smallest absolute Gasteiger partial charge is 0.229 e. The average Bonchev–Trinajstić information content (AvgIpc) is 2.89. The lowest BCUT2D eigenvalue weighted by Crippen LogP contribution is -2.24. The molecule has 2 N–H and O–H groups in total. The van der Waals surface area contributed by atoms with Gasteiger partial charge in [0.2, 0.25) is 15.9 Å². The number of sulfonamides is 1. The monoisotopic (exact) mass is 369 g/mol. The van der Waals surface area contributed by atoms with E-state index >= 15 is 0 Å². The molecular formula is C19H19N3O3S. The lowest BCUT2D eigenvalue weighted by atomic mass is 9.87. The maximum atomic E-state index is 12.3. The summed E-state index contributed by atoms with van der Waals surface area (Å²) in [4.78, 5) is 12.3. The number of aromatic nitrogens is 1. The van der Waals surface area contributed by atoms with Crippen LogP contribution in [-0.4, -0.2) is 25.1 Å². The molecule has 4 rings (SSSR count). The van der Waals surface area contributed by atoms with Gasteiger partial charge in [-0.15, -0.1) is 0 Å². The van der Waals surface area contributed by atoms with Crippen molar-refractivity contribution in [1.29, 1.82) is 0 Å². The van der Waals surface area contributed by atoms with Gasteiger partial charge in [0.25, 0.3) is 0 Å². The number of hydrogen-bond donors (Lipinski definition) is 2. The van der Waals surface area contributed by atoms with E-state index < -0.39 is 10.0 Å². The first-order chi connectivity index (χ1) is 12.3. The second kappa shape index (κ2) is 5.88. The van der Waals surface area contributed by atoms with E-state index in [1.807, 2.05) is 25.2 Å². The molecule has 0 spiro atoms. The van der Waals surface area contributed by atoms with Crippen LogP contribution in [0.5, 0.6) is 0 Å². The van der Waals surface area contributed by atoms with Crippen molar-refractivity contribution < 1.29 is 13.2 Å². The Morgan fingerprint density at radius 1 is 1.15 bits per heavy atom. The Morgan fingerprint density at radius 3 is 2.65 bits per heavy atom. The van der Waals surface area contributed by atoms with Gasteiger partial charge in [0.1, 0.15) is 0 Å². The first-order valence-corrected chi connectivity index (χ1v) is 10.2. The molecule has 0 saturated carbocycles. The standard InChI is InChI=1S/C19H19N3O3S/c1-22-17-6-4-3-5-12(17)9-18(22)15-11-19(23)20-16-10-13(7-8-14(15)16)21-26(2,24)25/h3-10,15,21H,11H2,1-2H3,(H,20,23)/t15-/m1/s1. The summed E-state index contributed by atoms with van der Waals surface area (Å²) in [5.74, 6) is -0.160. The normalized spacial score (nSPS) is 17.0. The summed E-state index contributed by atoms with van der Waals surface area (Å²) in [5.41, 5.74) is 4.24. The average molecular weight is 369 g/mol. The number of aryl methyl sites for hydroxylation is 1. The number of hydrogen-bond acceptors (Lipinski definition) is 3. The molecule has 0 saturated heterocycles. The molecule has 1 atom stereocenters.